The molecule has 1 aromatic heterocycles. The van der Waals surface area contributed by atoms with Crippen LogP contribution in [-0.4, -0.2) is 33.5 Å². The molecular formula is C22H20N4O2S. The number of hydrogen-bond donors (Lipinski definition) is 1. The van der Waals surface area contributed by atoms with Crippen LogP contribution in [0.1, 0.15) is 0 Å². The number of rotatable bonds is 6. The summed E-state index contributed by atoms with van der Waals surface area (Å²) in [6, 6.07) is 21.5. The second kappa shape index (κ2) is 8.36. The van der Waals surface area contributed by atoms with Crippen molar-refractivity contribution in [3.8, 4) is 17.1 Å². The fourth-order valence-corrected chi connectivity index (χ4v) is 3.87. The molecule has 0 saturated carbocycles. The van der Waals surface area contributed by atoms with E-state index >= 15 is 0 Å². The minimum atomic E-state index is -0.0896. The van der Waals surface area contributed by atoms with Crippen molar-refractivity contribution in [3.05, 3.63) is 66.7 Å². The number of hydrogen-bond acceptors (Lipinski definition) is 5. The van der Waals surface area contributed by atoms with E-state index in [2.05, 4.69) is 15.5 Å². The van der Waals surface area contributed by atoms with Gasteiger partial charge >= 0.3 is 0 Å². The fraction of sp³-hybridized carbons (Fsp3) is 0.136. The molecule has 1 heterocycles. The maximum absolute atomic E-state index is 12.5. The minimum absolute atomic E-state index is 0.0896. The van der Waals surface area contributed by atoms with Crippen LogP contribution in [0.2, 0.25) is 0 Å². The zero-order valence-corrected chi connectivity index (χ0v) is 16.9. The molecule has 0 aliphatic rings. The number of benzene rings is 3. The zero-order valence-electron chi connectivity index (χ0n) is 16.1. The molecule has 0 saturated heterocycles. The number of amides is 1. The quantitative estimate of drug-likeness (QED) is 0.483. The van der Waals surface area contributed by atoms with E-state index in [1.807, 2.05) is 78.3 Å². The molecule has 0 bridgehead atoms. The number of para-hydroxylation sites is 1. The second-order valence-corrected chi connectivity index (χ2v) is 7.37. The number of methoxy groups -OCH3 is 1. The van der Waals surface area contributed by atoms with Crippen molar-refractivity contribution in [2.24, 2.45) is 7.05 Å². The zero-order chi connectivity index (χ0) is 20.2. The van der Waals surface area contributed by atoms with Gasteiger partial charge in [-0.1, -0.05) is 60.3 Å². The van der Waals surface area contributed by atoms with Crippen LogP contribution < -0.4 is 10.1 Å². The van der Waals surface area contributed by atoms with Crippen molar-refractivity contribution < 1.29 is 9.53 Å². The number of aromatic nitrogens is 3. The molecule has 3 aromatic carbocycles. The normalized spacial score (nSPS) is 10.8. The third-order valence-electron chi connectivity index (χ3n) is 4.58. The summed E-state index contributed by atoms with van der Waals surface area (Å²) in [4.78, 5) is 12.5. The number of nitrogens with zero attached hydrogens (tertiary/aromatic N) is 3. The maximum Gasteiger partial charge on any atom is 0.234 e. The van der Waals surface area contributed by atoms with Gasteiger partial charge in [0.2, 0.25) is 5.91 Å². The first-order valence-corrected chi connectivity index (χ1v) is 10.1. The Bertz CT molecular complexity index is 1170. The lowest BCUT2D eigenvalue weighted by atomic mass is 10.1. The highest BCUT2D eigenvalue weighted by atomic mass is 32.2. The minimum Gasteiger partial charge on any atom is -0.496 e. The van der Waals surface area contributed by atoms with Gasteiger partial charge in [0.15, 0.2) is 11.0 Å². The molecule has 0 unspecified atom stereocenters. The smallest absolute Gasteiger partial charge is 0.234 e. The lowest BCUT2D eigenvalue weighted by molar-refractivity contribution is -0.113. The van der Waals surface area contributed by atoms with Crippen LogP contribution in [0.3, 0.4) is 0 Å². The number of nitrogens with one attached hydrogen (secondary N) is 1. The number of carbonyl (C=O) groups is 1. The van der Waals surface area contributed by atoms with Crippen molar-refractivity contribution >= 4 is 34.1 Å². The summed E-state index contributed by atoms with van der Waals surface area (Å²) in [5.41, 5.74) is 1.67. The molecule has 0 aliphatic heterocycles. The molecule has 0 aliphatic carbocycles. The van der Waals surface area contributed by atoms with Gasteiger partial charge in [-0.15, -0.1) is 10.2 Å². The average Bonchev–Trinajstić information content (AvgIpc) is 3.12. The van der Waals surface area contributed by atoms with E-state index in [1.54, 1.807) is 7.11 Å². The summed E-state index contributed by atoms with van der Waals surface area (Å²) < 4.78 is 7.28. The van der Waals surface area contributed by atoms with Gasteiger partial charge in [0, 0.05) is 18.1 Å². The van der Waals surface area contributed by atoms with Gasteiger partial charge in [-0.2, -0.15) is 0 Å². The lowest BCUT2D eigenvalue weighted by Crippen LogP contribution is -2.14. The number of thioether (sulfide) groups is 1. The second-order valence-electron chi connectivity index (χ2n) is 6.43. The van der Waals surface area contributed by atoms with Crippen LogP contribution in [0.15, 0.2) is 71.9 Å². The van der Waals surface area contributed by atoms with Gasteiger partial charge in [0.1, 0.15) is 5.75 Å². The van der Waals surface area contributed by atoms with Crippen LogP contribution in [0.25, 0.3) is 22.2 Å². The SMILES string of the molecule is COc1ccccc1-c1nnc(SCC(=O)Nc2cccc3ccccc23)n1C. The van der Waals surface area contributed by atoms with E-state index in [9.17, 15) is 4.79 Å². The molecule has 29 heavy (non-hydrogen) atoms. The third-order valence-corrected chi connectivity index (χ3v) is 5.60. The molecule has 0 radical (unpaired) electrons. The van der Waals surface area contributed by atoms with Crippen LogP contribution in [-0.2, 0) is 11.8 Å². The van der Waals surface area contributed by atoms with Gasteiger partial charge in [-0.3, -0.25) is 4.79 Å². The van der Waals surface area contributed by atoms with Gasteiger partial charge in [0.05, 0.1) is 18.4 Å². The number of carbonyl (C=O) groups excluding carboxylic acids is 1. The number of ether oxygens (including phenoxy) is 1. The van der Waals surface area contributed by atoms with Crippen molar-refractivity contribution in [3.63, 3.8) is 0 Å². The van der Waals surface area contributed by atoms with E-state index in [-0.39, 0.29) is 11.7 Å². The molecule has 7 heteroatoms. The van der Waals surface area contributed by atoms with Crippen LogP contribution in [0.5, 0.6) is 5.75 Å². The van der Waals surface area contributed by atoms with E-state index in [4.69, 9.17) is 4.74 Å². The highest BCUT2D eigenvalue weighted by Crippen LogP contribution is 2.30. The Morgan fingerprint density at radius 2 is 1.79 bits per heavy atom. The van der Waals surface area contributed by atoms with Gasteiger partial charge < -0.3 is 14.6 Å². The lowest BCUT2D eigenvalue weighted by Gasteiger charge is -2.09. The Hall–Kier alpha value is -3.32. The van der Waals surface area contributed by atoms with Crippen molar-refractivity contribution in [2.75, 3.05) is 18.2 Å². The highest BCUT2D eigenvalue weighted by molar-refractivity contribution is 7.99. The molecule has 0 atom stereocenters. The Kier molecular flexibility index (Phi) is 5.48. The topological polar surface area (TPSA) is 69.0 Å². The fourth-order valence-electron chi connectivity index (χ4n) is 3.16. The first kappa shape index (κ1) is 19.0. The standard InChI is InChI=1S/C22H20N4O2S/c1-26-21(17-11-5-6-13-19(17)28-2)24-25-22(26)29-14-20(27)23-18-12-7-9-15-8-3-4-10-16(15)18/h3-13H,14H2,1-2H3,(H,23,27). The Balaban J connectivity index is 1.47. The Morgan fingerprint density at radius 3 is 2.66 bits per heavy atom. The number of anilines is 1. The summed E-state index contributed by atoms with van der Waals surface area (Å²) in [6.07, 6.45) is 0. The molecule has 6 nitrogen and oxygen atoms in total. The van der Waals surface area contributed by atoms with Gasteiger partial charge in [-0.05, 0) is 23.6 Å². The van der Waals surface area contributed by atoms with E-state index in [1.165, 1.54) is 11.8 Å². The van der Waals surface area contributed by atoms with Crippen LogP contribution in [0, 0.1) is 0 Å². The van der Waals surface area contributed by atoms with E-state index in [0.717, 1.165) is 27.8 Å². The highest BCUT2D eigenvalue weighted by Gasteiger charge is 2.16. The summed E-state index contributed by atoms with van der Waals surface area (Å²) >= 11 is 1.35. The Labute approximate surface area is 172 Å². The van der Waals surface area contributed by atoms with Gasteiger partial charge in [0.25, 0.3) is 0 Å². The predicted molar refractivity (Wildman–Crippen MR) is 116 cm³/mol. The molecule has 0 fully saturated rings. The summed E-state index contributed by atoms with van der Waals surface area (Å²) in [5, 5.41) is 14.3. The average molecular weight is 404 g/mol. The van der Waals surface area contributed by atoms with Crippen molar-refractivity contribution in [1.82, 2.24) is 14.8 Å². The van der Waals surface area contributed by atoms with Crippen LogP contribution in [0.4, 0.5) is 5.69 Å². The van der Waals surface area contributed by atoms with Gasteiger partial charge in [-0.25, -0.2) is 0 Å². The molecule has 1 amide bonds. The molecule has 4 aromatic rings. The summed E-state index contributed by atoms with van der Waals surface area (Å²) in [7, 11) is 3.51. The molecule has 4 rings (SSSR count). The Morgan fingerprint density at radius 1 is 1.03 bits per heavy atom. The van der Waals surface area contributed by atoms with E-state index in [0.29, 0.717) is 11.0 Å². The molecule has 1 N–H and O–H groups in total. The molecule has 0 spiro atoms. The van der Waals surface area contributed by atoms with E-state index < -0.39 is 0 Å². The molecule has 146 valence electrons. The first-order valence-electron chi connectivity index (χ1n) is 9.10. The largest absolute Gasteiger partial charge is 0.496 e. The van der Waals surface area contributed by atoms with Crippen molar-refractivity contribution in [1.29, 1.82) is 0 Å². The number of fused-ring (bicyclic) bond motifs is 1. The molecular weight excluding hydrogens is 384 g/mol. The third kappa shape index (κ3) is 3.95. The summed E-state index contributed by atoms with van der Waals surface area (Å²) in [6.45, 7) is 0. The van der Waals surface area contributed by atoms with Crippen molar-refractivity contribution in [2.45, 2.75) is 5.16 Å². The maximum atomic E-state index is 12.5. The van der Waals surface area contributed by atoms with Crippen LogP contribution >= 0.6 is 11.8 Å². The monoisotopic (exact) mass is 404 g/mol. The first-order chi connectivity index (χ1) is 14.2. The summed E-state index contributed by atoms with van der Waals surface area (Å²) in [5.74, 6) is 1.57. The predicted octanol–water partition coefficient (Wildman–Crippen LogP) is 4.37.